The molecule has 0 bridgehead atoms. The fourth-order valence-electron chi connectivity index (χ4n) is 0.258. The van der Waals surface area contributed by atoms with Crippen molar-refractivity contribution in [2.75, 3.05) is 7.05 Å². The fraction of sp³-hybridized carbons (Fsp3) is 0.857. The molecule has 0 amide bonds. The van der Waals surface area contributed by atoms with Crippen molar-refractivity contribution in [2.45, 2.75) is 34.6 Å². The maximum atomic E-state index is 3.80. The van der Waals surface area contributed by atoms with Gasteiger partial charge < -0.3 is 4.99 Å². The van der Waals surface area contributed by atoms with Crippen LogP contribution < -0.4 is 0 Å². The van der Waals surface area contributed by atoms with Gasteiger partial charge >= 0.3 is 0 Å². The molecule has 0 aliphatic carbocycles. The van der Waals surface area contributed by atoms with Gasteiger partial charge in [0.05, 0.1) is 0 Å². The Kier molecular flexibility index (Phi) is 31.1. The number of hydrogen-bond donors (Lipinski definition) is 0. The van der Waals surface area contributed by atoms with Crippen molar-refractivity contribution >= 4 is 6.21 Å². The van der Waals surface area contributed by atoms with Gasteiger partial charge in [-0.2, -0.15) is 0 Å². The van der Waals surface area contributed by atoms with E-state index in [-0.39, 0.29) is 14.9 Å². The van der Waals surface area contributed by atoms with Crippen molar-refractivity contribution in [3.05, 3.63) is 0 Å². The second-order valence-electron chi connectivity index (χ2n) is 1.23. The summed E-state index contributed by atoms with van der Waals surface area (Å²) in [6.07, 6.45) is 4.26. The predicted molar refractivity (Wildman–Crippen MR) is 42.8 cm³/mol. The average molecular weight is 117 g/mol. The van der Waals surface area contributed by atoms with Crippen molar-refractivity contribution in [2.24, 2.45) is 4.99 Å². The highest BCUT2D eigenvalue weighted by atomic mass is 14.6. The molecule has 0 aliphatic rings. The van der Waals surface area contributed by atoms with Crippen molar-refractivity contribution in [3.63, 3.8) is 0 Å². The molecule has 0 aromatic rings. The van der Waals surface area contributed by atoms with Crippen LogP contribution in [0, 0.1) is 0 Å². The minimum Gasteiger partial charge on any atom is -0.301 e. The Bertz CT molecular complexity index is 39.7. The Hall–Kier alpha value is -0.330. The largest absolute Gasteiger partial charge is 0.301 e. The molecule has 0 saturated heterocycles. The minimum absolute atomic E-state index is 0. The third-order valence-corrected chi connectivity index (χ3v) is 0.600. The van der Waals surface area contributed by atoms with Crippen molar-refractivity contribution in [3.8, 4) is 0 Å². The summed E-state index contributed by atoms with van der Waals surface area (Å²) in [5, 5.41) is 0. The first-order valence-electron chi connectivity index (χ1n) is 2.32. The molecule has 0 fully saturated rings. The van der Waals surface area contributed by atoms with E-state index in [9.17, 15) is 0 Å². The van der Waals surface area contributed by atoms with Crippen LogP contribution in [0.3, 0.4) is 0 Å². The van der Waals surface area contributed by atoms with Crippen LogP contribution in [0.2, 0.25) is 0 Å². The normalized spacial score (nSPS) is 7.75. The zero-order valence-corrected chi connectivity index (χ0v) is 4.44. The van der Waals surface area contributed by atoms with Crippen molar-refractivity contribution in [1.82, 2.24) is 0 Å². The fourth-order valence-corrected chi connectivity index (χ4v) is 0.258. The first-order chi connectivity index (χ1) is 2.91. The van der Waals surface area contributed by atoms with Crippen LogP contribution in [0.5, 0.6) is 0 Å². The van der Waals surface area contributed by atoms with E-state index in [2.05, 4.69) is 11.9 Å². The predicted octanol–water partition coefficient (Wildman–Crippen LogP) is 2.76. The summed E-state index contributed by atoms with van der Waals surface area (Å²) in [5.41, 5.74) is 0. The molecule has 0 rings (SSSR count). The number of hydrogen-bond acceptors (Lipinski definition) is 1. The molecule has 0 atom stereocenters. The number of nitrogens with zero attached hydrogens (tertiary/aromatic N) is 1. The topological polar surface area (TPSA) is 12.4 Å². The van der Waals surface area contributed by atoms with E-state index in [1.807, 2.05) is 6.21 Å². The summed E-state index contributed by atoms with van der Waals surface area (Å²) >= 11 is 0. The highest BCUT2D eigenvalue weighted by Crippen LogP contribution is 1.77. The highest BCUT2D eigenvalue weighted by molar-refractivity contribution is 5.56. The first kappa shape index (κ1) is 15.6. The van der Waals surface area contributed by atoms with E-state index in [0.29, 0.717) is 0 Å². The lowest BCUT2D eigenvalue weighted by atomic mass is 10.4. The lowest BCUT2D eigenvalue weighted by Gasteiger charge is -1.75. The summed E-state index contributed by atoms with van der Waals surface area (Å²) < 4.78 is 0. The third-order valence-electron chi connectivity index (χ3n) is 0.600. The van der Waals surface area contributed by atoms with E-state index >= 15 is 0 Å². The Labute approximate surface area is 53.8 Å². The van der Waals surface area contributed by atoms with Gasteiger partial charge in [0.15, 0.2) is 0 Å². The molecule has 0 spiro atoms. The summed E-state index contributed by atoms with van der Waals surface area (Å²) in [6.45, 7) is 2.14. The molecule has 0 N–H and O–H groups in total. The molecule has 0 heterocycles. The van der Waals surface area contributed by atoms with E-state index < -0.39 is 0 Å². The van der Waals surface area contributed by atoms with E-state index in [1.54, 1.807) is 7.05 Å². The van der Waals surface area contributed by atoms with Gasteiger partial charge in [0.1, 0.15) is 0 Å². The molecule has 0 aromatic carbocycles. The van der Waals surface area contributed by atoms with Crippen LogP contribution in [-0.2, 0) is 0 Å². The maximum absolute atomic E-state index is 3.80. The molecule has 52 valence electrons. The molecule has 1 nitrogen and oxygen atoms in total. The van der Waals surface area contributed by atoms with Gasteiger partial charge in [0.25, 0.3) is 0 Å². The number of rotatable bonds is 2. The quantitative estimate of drug-likeness (QED) is 0.493. The minimum atomic E-state index is 0. The summed E-state index contributed by atoms with van der Waals surface area (Å²) in [5.74, 6) is 0. The number of aliphatic imine (C=N–C) groups is 1. The molecular weight excluding hydrogens is 98.1 g/mol. The van der Waals surface area contributed by atoms with Crippen LogP contribution in [0.4, 0.5) is 0 Å². The van der Waals surface area contributed by atoms with Gasteiger partial charge in [-0.05, 0) is 12.6 Å². The highest BCUT2D eigenvalue weighted by Gasteiger charge is 1.66. The standard InChI is InChI=1S/C5H11N.2CH4/c1-3-4-5-6-2;;/h5H,3-4H2,1-2H3;2*1H4. The van der Waals surface area contributed by atoms with E-state index in [4.69, 9.17) is 0 Å². The van der Waals surface area contributed by atoms with Crippen LogP contribution in [0.1, 0.15) is 34.6 Å². The van der Waals surface area contributed by atoms with Gasteiger partial charge in [-0.15, -0.1) is 0 Å². The summed E-state index contributed by atoms with van der Waals surface area (Å²) in [4.78, 5) is 3.80. The van der Waals surface area contributed by atoms with Crippen LogP contribution in [0.15, 0.2) is 4.99 Å². The SMILES string of the molecule is C.C.CCCC=NC. The molecular formula is C7H19N. The maximum Gasteiger partial charge on any atom is 0.0273 e. The average Bonchev–Trinajstić information content (AvgIpc) is 1.61. The van der Waals surface area contributed by atoms with Crippen molar-refractivity contribution < 1.29 is 0 Å². The Morgan fingerprint density at radius 3 is 2.00 bits per heavy atom. The van der Waals surface area contributed by atoms with E-state index in [0.717, 1.165) is 6.42 Å². The molecule has 0 radical (unpaired) electrons. The summed E-state index contributed by atoms with van der Waals surface area (Å²) in [7, 11) is 1.80. The van der Waals surface area contributed by atoms with Gasteiger partial charge in [-0.3, -0.25) is 0 Å². The van der Waals surface area contributed by atoms with Gasteiger partial charge in [0, 0.05) is 7.05 Å². The van der Waals surface area contributed by atoms with Gasteiger partial charge in [-0.1, -0.05) is 28.2 Å². The van der Waals surface area contributed by atoms with Crippen LogP contribution >= 0.6 is 0 Å². The zero-order chi connectivity index (χ0) is 4.83. The lowest BCUT2D eigenvalue weighted by Crippen LogP contribution is -1.67. The Morgan fingerprint density at radius 2 is 1.88 bits per heavy atom. The van der Waals surface area contributed by atoms with Crippen LogP contribution in [0.25, 0.3) is 0 Å². The monoisotopic (exact) mass is 117 g/mol. The van der Waals surface area contributed by atoms with Crippen LogP contribution in [-0.4, -0.2) is 13.3 Å². The third kappa shape index (κ3) is 17.3. The van der Waals surface area contributed by atoms with E-state index in [1.165, 1.54) is 6.42 Å². The molecule has 0 saturated carbocycles. The lowest BCUT2D eigenvalue weighted by molar-refractivity contribution is 1.01. The number of unbranched alkanes of at least 4 members (excludes halogenated alkanes) is 1. The zero-order valence-electron chi connectivity index (χ0n) is 4.44. The molecule has 0 aromatic heterocycles. The second kappa shape index (κ2) is 15.9. The Morgan fingerprint density at radius 1 is 1.38 bits per heavy atom. The summed E-state index contributed by atoms with van der Waals surface area (Å²) in [6, 6.07) is 0. The molecule has 1 heteroatoms. The first-order valence-corrected chi connectivity index (χ1v) is 2.32. The van der Waals surface area contributed by atoms with Gasteiger partial charge in [-0.25, -0.2) is 0 Å². The van der Waals surface area contributed by atoms with Crippen molar-refractivity contribution in [1.29, 1.82) is 0 Å². The second-order valence-corrected chi connectivity index (χ2v) is 1.23. The molecule has 0 aliphatic heterocycles. The molecule has 0 unspecified atom stereocenters. The van der Waals surface area contributed by atoms with Gasteiger partial charge in [0.2, 0.25) is 0 Å². The smallest absolute Gasteiger partial charge is 0.0273 e. The Balaban J connectivity index is -0.000000125. The molecule has 8 heavy (non-hydrogen) atoms.